The molecule has 1 aromatic carbocycles. The number of hydrogen-bond acceptors (Lipinski definition) is 3. The van der Waals surface area contributed by atoms with Crippen LogP contribution in [0.4, 0.5) is 4.39 Å². The summed E-state index contributed by atoms with van der Waals surface area (Å²) in [4.78, 5) is 5.15. The highest BCUT2D eigenvalue weighted by Gasteiger charge is 2.34. The maximum atomic E-state index is 12.9. The molecule has 1 atom stereocenters. The lowest BCUT2D eigenvalue weighted by atomic mass is 9.99. The van der Waals surface area contributed by atoms with Crippen LogP contribution >= 0.6 is 0 Å². The quantitative estimate of drug-likeness (QED) is 0.896. The van der Waals surface area contributed by atoms with Crippen LogP contribution in [0.2, 0.25) is 0 Å². The molecule has 0 bridgehead atoms. The van der Waals surface area contributed by atoms with Crippen molar-refractivity contribution in [3.05, 3.63) is 35.6 Å². The molecule has 0 aromatic heterocycles. The summed E-state index contributed by atoms with van der Waals surface area (Å²) in [6.45, 7) is 9.26. The van der Waals surface area contributed by atoms with Crippen LogP contribution in [0.5, 0.6) is 0 Å². The topological polar surface area (TPSA) is 18.5 Å². The SMILES string of the molecule is CC(Cc1ccc(F)cc1)N1CC(N2CCNCC2)C1. The Labute approximate surface area is 120 Å². The van der Waals surface area contributed by atoms with Gasteiger partial charge in [-0.25, -0.2) is 4.39 Å². The smallest absolute Gasteiger partial charge is 0.123 e. The van der Waals surface area contributed by atoms with Gasteiger partial charge in [0.05, 0.1) is 0 Å². The van der Waals surface area contributed by atoms with Crippen molar-refractivity contribution in [2.45, 2.75) is 25.4 Å². The van der Waals surface area contributed by atoms with Crippen LogP contribution < -0.4 is 5.32 Å². The highest BCUT2D eigenvalue weighted by Crippen LogP contribution is 2.20. The minimum Gasteiger partial charge on any atom is -0.314 e. The lowest BCUT2D eigenvalue weighted by molar-refractivity contribution is 0.00427. The first kappa shape index (κ1) is 14.0. The van der Waals surface area contributed by atoms with E-state index in [0.29, 0.717) is 6.04 Å². The second-order valence-corrected chi connectivity index (χ2v) is 6.07. The number of nitrogens with zero attached hydrogens (tertiary/aromatic N) is 2. The summed E-state index contributed by atoms with van der Waals surface area (Å²) in [5.74, 6) is -0.149. The molecule has 3 rings (SSSR count). The molecule has 4 heteroatoms. The number of piperazine rings is 1. The Balaban J connectivity index is 1.45. The number of halogens is 1. The molecule has 3 nitrogen and oxygen atoms in total. The minimum absolute atomic E-state index is 0.149. The fourth-order valence-corrected chi connectivity index (χ4v) is 3.22. The van der Waals surface area contributed by atoms with E-state index < -0.39 is 0 Å². The standard InChI is InChI=1S/C16H24FN3/c1-13(10-14-2-4-15(17)5-3-14)20-11-16(12-20)19-8-6-18-7-9-19/h2-5,13,16,18H,6-12H2,1H3. The summed E-state index contributed by atoms with van der Waals surface area (Å²) in [6.07, 6.45) is 1.01. The Kier molecular flexibility index (Phi) is 4.34. The van der Waals surface area contributed by atoms with Gasteiger partial charge < -0.3 is 5.32 Å². The maximum Gasteiger partial charge on any atom is 0.123 e. The average Bonchev–Trinajstić information content (AvgIpc) is 2.41. The first-order chi connectivity index (χ1) is 9.72. The van der Waals surface area contributed by atoms with E-state index in [9.17, 15) is 4.39 Å². The van der Waals surface area contributed by atoms with Gasteiger partial charge in [0.25, 0.3) is 0 Å². The summed E-state index contributed by atoms with van der Waals surface area (Å²) < 4.78 is 12.9. The van der Waals surface area contributed by atoms with Crippen molar-refractivity contribution in [3.63, 3.8) is 0 Å². The third-order valence-corrected chi connectivity index (χ3v) is 4.63. The fraction of sp³-hybridized carbons (Fsp3) is 0.625. The Bertz CT molecular complexity index is 422. The number of rotatable bonds is 4. The zero-order chi connectivity index (χ0) is 13.9. The van der Waals surface area contributed by atoms with Crippen LogP contribution in [0.15, 0.2) is 24.3 Å². The molecule has 0 aliphatic carbocycles. The first-order valence-electron chi connectivity index (χ1n) is 7.65. The highest BCUT2D eigenvalue weighted by molar-refractivity contribution is 5.17. The second-order valence-electron chi connectivity index (χ2n) is 6.07. The largest absolute Gasteiger partial charge is 0.314 e. The molecular formula is C16H24FN3. The van der Waals surface area contributed by atoms with E-state index in [0.717, 1.165) is 25.6 Å². The zero-order valence-corrected chi connectivity index (χ0v) is 12.2. The average molecular weight is 277 g/mol. The number of likely N-dealkylation sites (tertiary alicyclic amines) is 1. The van der Waals surface area contributed by atoms with Gasteiger partial charge in [-0.2, -0.15) is 0 Å². The molecule has 1 unspecified atom stereocenters. The van der Waals surface area contributed by atoms with Crippen molar-refractivity contribution in [3.8, 4) is 0 Å². The van der Waals surface area contributed by atoms with E-state index in [-0.39, 0.29) is 5.82 Å². The van der Waals surface area contributed by atoms with E-state index in [2.05, 4.69) is 22.0 Å². The Morgan fingerprint density at radius 3 is 2.50 bits per heavy atom. The van der Waals surface area contributed by atoms with Gasteiger partial charge in [-0.15, -0.1) is 0 Å². The predicted octanol–water partition coefficient (Wildman–Crippen LogP) is 1.35. The van der Waals surface area contributed by atoms with Gasteiger partial charge in [0.1, 0.15) is 5.82 Å². The van der Waals surface area contributed by atoms with Crippen LogP contribution in [0.1, 0.15) is 12.5 Å². The second kappa shape index (κ2) is 6.20. The molecule has 0 spiro atoms. The number of nitrogens with one attached hydrogen (secondary N) is 1. The van der Waals surface area contributed by atoms with Crippen molar-refractivity contribution in [2.24, 2.45) is 0 Å². The van der Waals surface area contributed by atoms with Crippen LogP contribution in [-0.4, -0.2) is 61.2 Å². The molecule has 2 heterocycles. The van der Waals surface area contributed by atoms with Crippen molar-refractivity contribution >= 4 is 0 Å². The minimum atomic E-state index is -0.149. The molecule has 2 aliphatic rings. The van der Waals surface area contributed by atoms with Crippen molar-refractivity contribution < 1.29 is 4.39 Å². The summed E-state index contributed by atoms with van der Waals surface area (Å²) >= 11 is 0. The van der Waals surface area contributed by atoms with Crippen molar-refractivity contribution in [1.82, 2.24) is 15.1 Å². The first-order valence-corrected chi connectivity index (χ1v) is 7.65. The lowest BCUT2D eigenvalue weighted by Gasteiger charge is -2.49. The molecule has 2 saturated heterocycles. The van der Waals surface area contributed by atoms with Crippen LogP contribution in [0.3, 0.4) is 0 Å². The van der Waals surface area contributed by atoms with Gasteiger partial charge in [-0.3, -0.25) is 9.80 Å². The van der Waals surface area contributed by atoms with Crippen LogP contribution in [-0.2, 0) is 6.42 Å². The Hall–Kier alpha value is -0.970. The van der Waals surface area contributed by atoms with Gasteiger partial charge in [-0.1, -0.05) is 12.1 Å². The Morgan fingerprint density at radius 1 is 1.20 bits per heavy atom. The highest BCUT2D eigenvalue weighted by atomic mass is 19.1. The molecular weight excluding hydrogens is 253 g/mol. The summed E-state index contributed by atoms with van der Waals surface area (Å²) in [7, 11) is 0. The van der Waals surface area contributed by atoms with Gasteiger partial charge in [0.2, 0.25) is 0 Å². The molecule has 0 amide bonds. The molecule has 2 fully saturated rings. The molecule has 1 aromatic rings. The summed E-state index contributed by atoms with van der Waals surface area (Å²) in [5, 5.41) is 3.40. The van der Waals surface area contributed by atoms with E-state index in [4.69, 9.17) is 0 Å². The molecule has 0 radical (unpaired) electrons. The summed E-state index contributed by atoms with van der Waals surface area (Å²) in [6, 6.07) is 8.20. The zero-order valence-electron chi connectivity index (χ0n) is 12.2. The van der Waals surface area contributed by atoms with Crippen LogP contribution in [0, 0.1) is 5.82 Å². The molecule has 1 N–H and O–H groups in total. The summed E-state index contributed by atoms with van der Waals surface area (Å²) in [5.41, 5.74) is 1.23. The molecule has 110 valence electrons. The predicted molar refractivity (Wildman–Crippen MR) is 79.4 cm³/mol. The van der Waals surface area contributed by atoms with E-state index in [1.54, 1.807) is 12.1 Å². The van der Waals surface area contributed by atoms with E-state index in [1.807, 2.05) is 12.1 Å². The monoisotopic (exact) mass is 277 g/mol. The molecule has 0 saturated carbocycles. The van der Waals surface area contributed by atoms with Gasteiger partial charge in [0.15, 0.2) is 0 Å². The number of hydrogen-bond donors (Lipinski definition) is 1. The van der Waals surface area contributed by atoms with E-state index in [1.165, 1.54) is 31.7 Å². The molecule has 2 aliphatic heterocycles. The van der Waals surface area contributed by atoms with Gasteiger partial charge >= 0.3 is 0 Å². The Morgan fingerprint density at radius 2 is 1.85 bits per heavy atom. The van der Waals surface area contributed by atoms with Crippen LogP contribution in [0.25, 0.3) is 0 Å². The third-order valence-electron chi connectivity index (χ3n) is 4.63. The van der Waals surface area contributed by atoms with Gasteiger partial charge in [0, 0.05) is 51.4 Å². The molecule has 20 heavy (non-hydrogen) atoms. The lowest BCUT2D eigenvalue weighted by Crippen LogP contribution is -2.64. The van der Waals surface area contributed by atoms with Gasteiger partial charge in [-0.05, 0) is 31.0 Å². The number of benzene rings is 1. The maximum absolute atomic E-state index is 12.9. The van der Waals surface area contributed by atoms with Crippen molar-refractivity contribution in [1.29, 1.82) is 0 Å². The fourth-order valence-electron chi connectivity index (χ4n) is 3.22. The normalized spacial score (nSPS) is 23.5. The van der Waals surface area contributed by atoms with Crippen molar-refractivity contribution in [2.75, 3.05) is 39.3 Å². The third kappa shape index (κ3) is 3.19. The van der Waals surface area contributed by atoms with E-state index >= 15 is 0 Å².